The van der Waals surface area contributed by atoms with Gasteiger partial charge in [-0.15, -0.1) is 0 Å². The third-order valence-corrected chi connectivity index (χ3v) is 5.00. The molecule has 2 aromatic carbocycles. The van der Waals surface area contributed by atoms with Crippen molar-refractivity contribution in [1.29, 1.82) is 0 Å². The summed E-state index contributed by atoms with van der Waals surface area (Å²) in [6, 6.07) is 16.6. The van der Waals surface area contributed by atoms with Gasteiger partial charge in [0.25, 0.3) is 0 Å². The lowest BCUT2D eigenvalue weighted by molar-refractivity contribution is 0.498. The summed E-state index contributed by atoms with van der Waals surface area (Å²) in [6.07, 6.45) is 1.14. The van der Waals surface area contributed by atoms with E-state index in [1.807, 2.05) is 24.3 Å². The maximum absolute atomic E-state index is 6.14. The first-order valence-electron chi connectivity index (χ1n) is 6.62. The minimum atomic E-state index is 0.296. The number of hydrogen-bond acceptors (Lipinski definition) is 2. The molecule has 0 unspecified atom stereocenters. The van der Waals surface area contributed by atoms with Gasteiger partial charge in [-0.05, 0) is 41.8 Å². The Balaban J connectivity index is 1.93. The fourth-order valence-corrected chi connectivity index (χ4v) is 3.94. The van der Waals surface area contributed by atoms with E-state index < -0.39 is 0 Å². The highest BCUT2D eigenvalue weighted by atomic mass is 35.5. The molecule has 1 fully saturated rings. The zero-order valence-electron chi connectivity index (χ0n) is 10.9. The quantitative estimate of drug-likeness (QED) is 0.736. The Bertz CT molecular complexity index is 585. The summed E-state index contributed by atoms with van der Waals surface area (Å²) >= 11 is 13.9. The van der Waals surface area contributed by atoms with Gasteiger partial charge in [0.05, 0.1) is 0 Å². The predicted octanol–water partition coefficient (Wildman–Crippen LogP) is 5.46. The number of hydrogen-bond donors (Lipinski definition) is 1. The fourth-order valence-electron chi connectivity index (χ4n) is 2.65. The van der Waals surface area contributed by atoms with E-state index >= 15 is 0 Å². The van der Waals surface area contributed by atoms with E-state index in [2.05, 4.69) is 29.0 Å². The molecule has 104 valence electrons. The van der Waals surface area contributed by atoms with Crippen molar-refractivity contribution >= 4 is 35.1 Å². The fraction of sp³-hybridized carbons (Fsp3) is 0.250. The minimum Gasteiger partial charge on any atom is -0.256 e. The predicted molar refractivity (Wildman–Crippen MR) is 88.6 cm³/mol. The molecule has 4 heteroatoms. The van der Waals surface area contributed by atoms with Crippen LogP contribution in [-0.2, 0) is 0 Å². The molecule has 0 aliphatic carbocycles. The molecule has 1 heterocycles. The van der Waals surface area contributed by atoms with Gasteiger partial charge in [0, 0.05) is 27.8 Å². The number of halogens is 2. The second-order valence-electron chi connectivity index (χ2n) is 4.95. The largest absolute Gasteiger partial charge is 0.256 e. The minimum absolute atomic E-state index is 0.296. The molecule has 2 aromatic rings. The van der Waals surface area contributed by atoms with Crippen molar-refractivity contribution in [2.24, 2.45) is 0 Å². The maximum Gasteiger partial charge on any atom is 0.0490 e. The summed E-state index contributed by atoms with van der Waals surface area (Å²) in [5.74, 6) is 1.55. The molecule has 0 amide bonds. The molecule has 0 bridgehead atoms. The summed E-state index contributed by atoms with van der Waals surface area (Å²) in [6.45, 7) is 0. The van der Waals surface area contributed by atoms with Crippen LogP contribution in [0.3, 0.4) is 0 Å². The van der Waals surface area contributed by atoms with Crippen molar-refractivity contribution < 1.29 is 0 Å². The van der Waals surface area contributed by atoms with Crippen LogP contribution in [0.5, 0.6) is 0 Å². The second kappa shape index (κ2) is 6.40. The highest BCUT2D eigenvalue weighted by molar-refractivity contribution is 7.97. The van der Waals surface area contributed by atoms with Crippen LogP contribution in [0.25, 0.3) is 0 Å². The molecular weight excluding hydrogens is 309 g/mol. The maximum atomic E-state index is 6.14. The molecule has 1 saturated heterocycles. The van der Waals surface area contributed by atoms with Gasteiger partial charge in [0.15, 0.2) is 0 Å². The molecule has 1 N–H and O–H groups in total. The average molecular weight is 324 g/mol. The summed E-state index contributed by atoms with van der Waals surface area (Å²) < 4.78 is 3.55. The number of rotatable bonds is 2. The molecule has 0 spiro atoms. The van der Waals surface area contributed by atoms with Gasteiger partial charge in [0.1, 0.15) is 0 Å². The lowest BCUT2D eigenvalue weighted by Gasteiger charge is -2.33. The van der Waals surface area contributed by atoms with Crippen LogP contribution in [0.1, 0.15) is 29.5 Å². The lowest BCUT2D eigenvalue weighted by Crippen LogP contribution is -2.27. The van der Waals surface area contributed by atoms with E-state index in [1.165, 1.54) is 11.1 Å². The molecule has 0 aromatic heterocycles. The zero-order chi connectivity index (χ0) is 13.9. The zero-order valence-corrected chi connectivity index (χ0v) is 13.2. The van der Waals surface area contributed by atoms with Crippen LogP contribution in [0.15, 0.2) is 48.5 Å². The van der Waals surface area contributed by atoms with Gasteiger partial charge in [-0.3, -0.25) is 4.72 Å². The highest BCUT2D eigenvalue weighted by Crippen LogP contribution is 2.40. The van der Waals surface area contributed by atoms with Gasteiger partial charge in [0.2, 0.25) is 0 Å². The van der Waals surface area contributed by atoms with E-state index in [4.69, 9.17) is 23.2 Å². The molecule has 0 radical (unpaired) electrons. The van der Waals surface area contributed by atoms with Gasteiger partial charge in [-0.2, -0.15) is 0 Å². The third-order valence-electron chi connectivity index (χ3n) is 3.65. The van der Waals surface area contributed by atoms with E-state index in [9.17, 15) is 0 Å². The van der Waals surface area contributed by atoms with Crippen LogP contribution in [-0.4, -0.2) is 5.75 Å². The SMILES string of the molecule is Clc1ccc([C@H]2NSCC[C@@H]2c2cccc(Cl)c2)cc1. The normalized spacial score (nSPS) is 22.7. The Morgan fingerprint density at radius 2 is 1.75 bits per heavy atom. The molecule has 1 nitrogen and oxygen atoms in total. The van der Waals surface area contributed by atoms with E-state index in [0.717, 1.165) is 22.2 Å². The van der Waals surface area contributed by atoms with Crippen molar-refractivity contribution in [2.75, 3.05) is 5.75 Å². The first kappa shape index (κ1) is 14.3. The van der Waals surface area contributed by atoms with Crippen molar-refractivity contribution in [1.82, 2.24) is 4.72 Å². The smallest absolute Gasteiger partial charge is 0.0490 e. The Morgan fingerprint density at radius 1 is 0.950 bits per heavy atom. The standard InChI is InChI=1S/C16H15Cl2NS/c17-13-6-4-11(5-7-13)16-15(8-9-20-19-16)12-2-1-3-14(18)10-12/h1-7,10,15-16,19H,8-9H2/t15-,16-/m1/s1. The number of benzene rings is 2. The lowest BCUT2D eigenvalue weighted by atomic mass is 9.85. The Kier molecular flexibility index (Phi) is 4.57. The first-order chi connectivity index (χ1) is 9.74. The Labute approximate surface area is 133 Å². The molecule has 3 rings (SSSR count). The Hall–Kier alpha value is -0.670. The van der Waals surface area contributed by atoms with Crippen LogP contribution in [0, 0.1) is 0 Å². The van der Waals surface area contributed by atoms with Crippen LogP contribution < -0.4 is 4.72 Å². The van der Waals surface area contributed by atoms with Crippen molar-refractivity contribution in [2.45, 2.75) is 18.4 Å². The van der Waals surface area contributed by atoms with E-state index in [-0.39, 0.29) is 0 Å². The average Bonchev–Trinajstić information content (AvgIpc) is 2.48. The number of nitrogens with one attached hydrogen (secondary N) is 1. The summed E-state index contributed by atoms with van der Waals surface area (Å²) in [4.78, 5) is 0. The van der Waals surface area contributed by atoms with Gasteiger partial charge < -0.3 is 0 Å². The van der Waals surface area contributed by atoms with Gasteiger partial charge in [-0.1, -0.05) is 59.4 Å². The molecule has 1 aliphatic heterocycles. The van der Waals surface area contributed by atoms with Crippen molar-refractivity contribution in [3.05, 3.63) is 69.7 Å². The van der Waals surface area contributed by atoms with Gasteiger partial charge in [-0.25, -0.2) is 0 Å². The second-order valence-corrected chi connectivity index (χ2v) is 6.75. The Morgan fingerprint density at radius 3 is 2.50 bits per heavy atom. The highest BCUT2D eigenvalue weighted by Gasteiger charge is 2.28. The molecule has 20 heavy (non-hydrogen) atoms. The molecular formula is C16H15Cl2NS. The van der Waals surface area contributed by atoms with Crippen molar-refractivity contribution in [3.8, 4) is 0 Å². The van der Waals surface area contributed by atoms with Crippen LogP contribution in [0.4, 0.5) is 0 Å². The summed E-state index contributed by atoms with van der Waals surface area (Å²) in [5, 5.41) is 1.58. The van der Waals surface area contributed by atoms with Crippen molar-refractivity contribution in [3.63, 3.8) is 0 Å². The van der Waals surface area contributed by atoms with Crippen LogP contribution in [0.2, 0.25) is 10.0 Å². The monoisotopic (exact) mass is 323 g/mol. The van der Waals surface area contributed by atoms with E-state index in [0.29, 0.717) is 12.0 Å². The van der Waals surface area contributed by atoms with Crippen LogP contribution >= 0.6 is 35.1 Å². The van der Waals surface area contributed by atoms with Gasteiger partial charge >= 0.3 is 0 Å². The molecule has 0 saturated carbocycles. The molecule has 2 atom stereocenters. The topological polar surface area (TPSA) is 12.0 Å². The summed E-state index contributed by atoms with van der Waals surface area (Å²) in [7, 11) is 0. The molecule has 1 aliphatic rings. The first-order valence-corrected chi connectivity index (χ1v) is 8.36. The van der Waals surface area contributed by atoms with E-state index in [1.54, 1.807) is 11.9 Å². The summed E-state index contributed by atoms with van der Waals surface area (Å²) in [5.41, 5.74) is 2.57. The third kappa shape index (κ3) is 3.15.